The Labute approximate surface area is 109 Å². The zero-order chi connectivity index (χ0) is 14.6. The Balaban J connectivity index is 5.07. The van der Waals surface area contributed by atoms with Crippen LogP contribution in [0, 0.1) is 5.92 Å². The van der Waals surface area contributed by atoms with Gasteiger partial charge in [0.1, 0.15) is 5.60 Å². The number of carbonyl (C=O) groups excluding carboxylic acids is 1. The number of nitrogens with one attached hydrogen (secondary N) is 1. The predicted octanol–water partition coefficient (Wildman–Crippen LogP) is 1.81. The van der Waals surface area contributed by atoms with Crippen molar-refractivity contribution in [2.45, 2.75) is 58.6 Å². The van der Waals surface area contributed by atoms with Gasteiger partial charge in [-0.15, -0.1) is 0 Å². The molecular weight excluding hydrogens is 234 g/mol. The summed E-state index contributed by atoms with van der Waals surface area (Å²) in [5.41, 5.74) is -2.36. The van der Waals surface area contributed by atoms with Gasteiger partial charge in [-0.25, -0.2) is 9.59 Å². The number of aliphatic carboxylic acids is 1. The second-order valence-corrected chi connectivity index (χ2v) is 5.89. The minimum Gasteiger partial charge on any atom is -0.479 e. The Morgan fingerprint density at radius 1 is 1.28 bits per heavy atom. The lowest BCUT2D eigenvalue weighted by Crippen LogP contribution is -2.58. The summed E-state index contributed by atoms with van der Waals surface area (Å²) < 4.78 is 5.21. The third-order valence-corrected chi connectivity index (χ3v) is 2.64. The minimum atomic E-state index is -1.66. The summed E-state index contributed by atoms with van der Waals surface area (Å²) in [6.45, 7) is 9.12. The van der Waals surface area contributed by atoms with Gasteiger partial charge in [0.2, 0.25) is 5.54 Å². The lowest BCUT2D eigenvalue weighted by Gasteiger charge is -2.31. The maximum absolute atomic E-state index is 12.1. The van der Waals surface area contributed by atoms with Gasteiger partial charge in [0.15, 0.2) is 0 Å². The Hall–Kier alpha value is -1.10. The number of hydrogen-bond donors (Lipinski definition) is 2. The van der Waals surface area contributed by atoms with Crippen molar-refractivity contribution in [2.24, 2.45) is 5.92 Å². The van der Waals surface area contributed by atoms with Crippen molar-refractivity contribution in [1.29, 1.82) is 0 Å². The molecule has 1 atom stereocenters. The molecule has 0 aromatic heterocycles. The molecule has 0 amide bonds. The molecule has 5 nitrogen and oxygen atoms in total. The third kappa shape index (κ3) is 4.64. The van der Waals surface area contributed by atoms with Crippen molar-refractivity contribution in [3.8, 4) is 0 Å². The summed E-state index contributed by atoms with van der Waals surface area (Å²) in [7, 11) is 1.47. The molecule has 0 unspecified atom stereocenters. The molecule has 0 heterocycles. The zero-order valence-electron chi connectivity index (χ0n) is 12.2. The molecule has 2 N–H and O–H groups in total. The fourth-order valence-corrected chi connectivity index (χ4v) is 1.50. The van der Waals surface area contributed by atoms with Crippen LogP contribution in [0.5, 0.6) is 0 Å². The summed E-state index contributed by atoms with van der Waals surface area (Å²) in [6, 6.07) is 0. The first-order valence-electron chi connectivity index (χ1n) is 6.21. The second kappa shape index (κ2) is 6.18. The summed E-state index contributed by atoms with van der Waals surface area (Å²) >= 11 is 0. The quantitative estimate of drug-likeness (QED) is 0.562. The van der Waals surface area contributed by atoms with Gasteiger partial charge in [0.05, 0.1) is 0 Å². The van der Waals surface area contributed by atoms with Crippen molar-refractivity contribution in [3.05, 3.63) is 0 Å². The highest BCUT2D eigenvalue weighted by atomic mass is 16.6. The number of hydrogen-bond acceptors (Lipinski definition) is 4. The highest BCUT2D eigenvalue weighted by molar-refractivity contribution is 6.04. The SMILES string of the molecule is CN[C@@](CCC(C)C)(C(=O)O)C(=O)OC(C)(C)C. The predicted molar refractivity (Wildman–Crippen MR) is 69.3 cm³/mol. The van der Waals surface area contributed by atoms with Crippen LogP contribution < -0.4 is 5.32 Å². The minimum absolute atomic E-state index is 0.214. The Morgan fingerprint density at radius 2 is 1.78 bits per heavy atom. The van der Waals surface area contributed by atoms with Crippen molar-refractivity contribution in [1.82, 2.24) is 5.32 Å². The molecule has 18 heavy (non-hydrogen) atoms. The van der Waals surface area contributed by atoms with Crippen LogP contribution >= 0.6 is 0 Å². The average Bonchev–Trinajstić information content (AvgIpc) is 2.15. The van der Waals surface area contributed by atoms with Crippen LogP contribution in [0.15, 0.2) is 0 Å². The third-order valence-electron chi connectivity index (χ3n) is 2.64. The first-order chi connectivity index (χ1) is 8.05. The number of ether oxygens (including phenoxy) is 1. The summed E-state index contributed by atoms with van der Waals surface area (Å²) in [5.74, 6) is -1.61. The molecular formula is C13H25NO4. The normalized spacial score (nSPS) is 15.3. The molecule has 0 fully saturated rings. The van der Waals surface area contributed by atoms with E-state index in [1.54, 1.807) is 20.8 Å². The van der Waals surface area contributed by atoms with E-state index in [9.17, 15) is 14.7 Å². The highest BCUT2D eigenvalue weighted by Gasteiger charge is 2.47. The van der Waals surface area contributed by atoms with E-state index in [1.807, 2.05) is 13.8 Å². The fourth-order valence-electron chi connectivity index (χ4n) is 1.50. The van der Waals surface area contributed by atoms with Crippen LogP contribution in [0.25, 0.3) is 0 Å². The van der Waals surface area contributed by atoms with E-state index in [2.05, 4.69) is 5.32 Å². The standard InChI is InChI=1S/C13H25NO4/c1-9(2)7-8-13(14-6,10(15)16)11(17)18-12(3,4)5/h9,14H,7-8H2,1-6H3,(H,15,16)/t13-/m0/s1. The summed E-state index contributed by atoms with van der Waals surface area (Å²) in [4.78, 5) is 23.5. The number of carboxylic acids is 1. The molecule has 0 saturated carbocycles. The molecule has 0 aromatic carbocycles. The van der Waals surface area contributed by atoms with Crippen LogP contribution in [0.3, 0.4) is 0 Å². The lowest BCUT2D eigenvalue weighted by atomic mass is 9.90. The van der Waals surface area contributed by atoms with E-state index in [0.29, 0.717) is 12.3 Å². The molecule has 0 saturated heterocycles. The molecule has 5 heteroatoms. The van der Waals surface area contributed by atoms with E-state index in [1.165, 1.54) is 7.05 Å². The highest BCUT2D eigenvalue weighted by Crippen LogP contribution is 2.22. The van der Waals surface area contributed by atoms with E-state index < -0.39 is 23.1 Å². The number of esters is 1. The monoisotopic (exact) mass is 259 g/mol. The molecule has 106 valence electrons. The van der Waals surface area contributed by atoms with Gasteiger partial charge >= 0.3 is 11.9 Å². The van der Waals surface area contributed by atoms with Gasteiger partial charge in [-0.1, -0.05) is 13.8 Å². The van der Waals surface area contributed by atoms with E-state index >= 15 is 0 Å². The topological polar surface area (TPSA) is 75.6 Å². The number of carboxylic acid groups (broad SMARTS) is 1. The van der Waals surface area contributed by atoms with Crippen molar-refractivity contribution < 1.29 is 19.4 Å². The Bertz CT molecular complexity index is 307. The maximum Gasteiger partial charge on any atom is 0.338 e. The van der Waals surface area contributed by atoms with E-state index in [-0.39, 0.29) is 6.42 Å². The molecule has 0 aliphatic heterocycles. The van der Waals surface area contributed by atoms with Gasteiger partial charge in [-0.05, 0) is 46.6 Å². The van der Waals surface area contributed by atoms with Gasteiger partial charge in [0.25, 0.3) is 0 Å². The van der Waals surface area contributed by atoms with Gasteiger partial charge in [-0.2, -0.15) is 0 Å². The Kier molecular flexibility index (Phi) is 5.80. The van der Waals surface area contributed by atoms with Crippen molar-refractivity contribution >= 4 is 11.9 Å². The van der Waals surface area contributed by atoms with E-state index in [0.717, 1.165) is 0 Å². The second-order valence-electron chi connectivity index (χ2n) is 5.89. The lowest BCUT2D eigenvalue weighted by molar-refractivity contribution is -0.171. The van der Waals surface area contributed by atoms with Crippen molar-refractivity contribution in [3.63, 3.8) is 0 Å². The van der Waals surface area contributed by atoms with Crippen LogP contribution in [-0.4, -0.2) is 35.2 Å². The summed E-state index contributed by atoms with van der Waals surface area (Å²) in [5, 5.41) is 12.0. The van der Waals surface area contributed by atoms with Gasteiger partial charge < -0.3 is 9.84 Å². The summed E-state index contributed by atoms with van der Waals surface area (Å²) in [6.07, 6.45) is 0.845. The molecule has 0 radical (unpaired) electrons. The zero-order valence-corrected chi connectivity index (χ0v) is 12.2. The largest absolute Gasteiger partial charge is 0.479 e. The van der Waals surface area contributed by atoms with Crippen LogP contribution in [0.4, 0.5) is 0 Å². The molecule has 0 aromatic rings. The number of carbonyl (C=O) groups is 2. The fraction of sp³-hybridized carbons (Fsp3) is 0.846. The van der Waals surface area contributed by atoms with Crippen molar-refractivity contribution in [2.75, 3.05) is 7.05 Å². The smallest absolute Gasteiger partial charge is 0.338 e. The van der Waals surface area contributed by atoms with Crippen LogP contribution in [0.1, 0.15) is 47.5 Å². The first kappa shape index (κ1) is 16.9. The first-order valence-corrected chi connectivity index (χ1v) is 6.21. The number of likely N-dealkylation sites (N-methyl/N-ethyl adjacent to an activating group) is 1. The molecule has 0 aliphatic carbocycles. The van der Waals surface area contributed by atoms with Gasteiger partial charge in [-0.3, -0.25) is 5.32 Å². The molecule has 0 bridgehead atoms. The maximum atomic E-state index is 12.1. The molecule has 0 rings (SSSR count). The van der Waals surface area contributed by atoms with Gasteiger partial charge in [0, 0.05) is 0 Å². The average molecular weight is 259 g/mol. The number of rotatable bonds is 6. The molecule has 0 aliphatic rings. The van der Waals surface area contributed by atoms with Crippen LogP contribution in [0.2, 0.25) is 0 Å². The Morgan fingerprint density at radius 3 is 2.06 bits per heavy atom. The van der Waals surface area contributed by atoms with Crippen LogP contribution in [-0.2, 0) is 14.3 Å². The van der Waals surface area contributed by atoms with E-state index in [4.69, 9.17) is 4.74 Å². The molecule has 0 spiro atoms.